The van der Waals surface area contributed by atoms with Crippen molar-refractivity contribution in [3.05, 3.63) is 53.6 Å². The zero-order chi connectivity index (χ0) is 21.3. The number of nitrogens with zero attached hydrogens (tertiary/aromatic N) is 2. The highest BCUT2D eigenvalue weighted by molar-refractivity contribution is 8.24. The number of amidine groups is 1. The number of ether oxygens (including phenoxy) is 1. The van der Waals surface area contributed by atoms with E-state index in [9.17, 15) is 19.0 Å². The Bertz CT molecular complexity index is 980. The molecule has 0 aromatic heterocycles. The quantitative estimate of drug-likeness (QED) is 0.500. The molecule has 1 saturated heterocycles. The van der Waals surface area contributed by atoms with Crippen molar-refractivity contribution in [3.8, 4) is 11.5 Å². The number of rotatable bonds is 4. The van der Waals surface area contributed by atoms with E-state index in [0.717, 1.165) is 12.8 Å². The number of piperidine rings is 1. The van der Waals surface area contributed by atoms with Gasteiger partial charge in [0.2, 0.25) is 0 Å². The van der Waals surface area contributed by atoms with E-state index in [1.165, 1.54) is 12.1 Å². The van der Waals surface area contributed by atoms with Gasteiger partial charge in [-0.1, -0.05) is 6.07 Å². The van der Waals surface area contributed by atoms with Crippen molar-refractivity contribution in [3.63, 3.8) is 0 Å². The lowest BCUT2D eigenvalue weighted by molar-refractivity contribution is 0.0633. The van der Waals surface area contributed by atoms with E-state index in [0.29, 0.717) is 42.3 Å². The molecule has 0 spiro atoms. The van der Waals surface area contributed by atoms with Gasteiger partial charge in [-0.2, -0.15) is 0 Å². The number of phenols is 1. The molecule has 0 aliphatic carbocycles. The van der Waals surface area contributed by atoms with Crippen LogP contribution in [0.5, 0.6) is 11.5 Å². The Morgan fingerprint density at radius 2 is 2.03 bits per heavy atom. The maximum atomic E-state index is 12.7. The van der Waals surface area contributed by atoms with Gasteiger partial charge in [-0.25, -0.2) is 0 Å². The zero-order valence-corrected chi connectivity index (χ0v) is 17.0. The van der Waals surface area contributed by atoms with Gasteiger partial charge in [-0.3, -0.25) is 18.6 Å². The third-order valence-corrected chi connectivity index (χ3v) is 6.09. The van der Waals surface area contributed by atoms with Crippen LogP contribution in [-0.4, -0.2) is 50.6 Å². The predicted molar refractivity (Wildman–Crippen MR) is 116 cm³/mol. The molecule has 1 amide bonds. The van der Waals surface area contributed by atoms with Gasteiger partial charge in [0, 0.05) is 24.6 Å². The topological polar surface area (TPSA) is 141 Å². The highest BCUT2D eigenvalue weighted by Crippen LogP contribution is 2.46. The fourth-order valence-corrected chi connectivity index (χ4v) is 4.61. The summed E-state index contributed by atoms with van der Waals surface area (Å²) in [7, 11) is -3.35. The Morgan fingerprint density at radius 3 is 2.80 bits per heavy atom. The van der Waals surface area contributed by atoms with Crippen LogP contribution < -0.4 is 15.2 Å². The van der Waals surface area contributed by atoms with E-state index in [1.807, 2.05) is 0 Å². The van der Waals surface area contributed by atoms with E-state index in [2.05, 4.69) is 9.12 Å². The smallest absolute Gasteiger partial charge is 0.253 e. The van der Waals surface area contributed by atoms with Gasteiger partial charge in [0.05, 0.1) is 17.9 Å². The molecule has 1 unspecified atom stereocenters. The molecule has 2 aliphatic heterocycles. The highest BCUT2D eigenvalue weighted by atomic mass is 32.3. The number of nitrogens with one attached hydrogen (secondary N) is 1. The number of likely N-dealkylation sites (tertiary alicyclic amines) is 1. The summed E-state index contributed by atoms with van der Waals surface area (Å²) in [5.41, 5.74) is 7.42. The lowest BCUT2D eigenvalue weighted by Gasteiger charge is -2.34. The number of carbonyl (C=O) groups excluding carboxylic acids is 1. The third kappa shape index (κ3) is 4.30. The molecule has 160 valence electrons. The summed E-state index contributed by atoms with van der Waals surface area (Å²) in [5.74, 6) is 0.708. The summed E-state index contributed by atoms with van der Waals surface area (Å²) >= 11 is 0. The molecule has 2 aromatic rings. The number of nitrogens with two attached hydrogens (primary N) is 1. The van der Waals surface area contributed by atoms with E-state index < -0.39 is 11.0 Å². The van der Waals surface area contributed by atoms with Crippen molar-refractivity contribution in [2.45, 2.75) is 12.8 Å². The minimum atomic E-state index is -3.35. The summed E-state index contributed by atoms with van der Waals surface area (Å²) < 4.78 is 31.8. The third-order valence-electron chi connectivity index (χ3n) is 5.15. The standard InChI is InChI=1S/C20H24N4O5S/c21-19-18-16(22-30(27,28)23-19)4-1-5-17(18)29-12-13-3-2-10-24(11-13)20(26)14-6-8-15(25)9-7-14/h1,4-9,13,22,25,27-28H,2-3,10-12H2,(H2,21,23). The summed E-state index contributed by atoms with van der Waals surface area (Å²) in [4.78, 5) is 14.5. The molecule has 9 nitrogen and oxygen atoms in total. The second-order valence-corrected chi connectivity index (χ2v) is 8.82. The molecule has 0 bridgehead atoms. The van der Waals surface area contributed by atoms with Gasteiger partial charge in [0.1, 0.15) is 11.5 Å². The number of benzene rings is 2. The Labute approximate surface area is 175 Å². The van der Waals surface area contributed by atoms with Gasteiger partial charge in [-0.15, -0.1) is 4.40 Å². The first-order valence-corrected chi connectivity index (χ1v) is 11.1. The van der Waals surface area contributed by atoms with Crippen LogP contribution in [0, 0.1) is 5.92 Å². The monoisotopic (exact) mass is 432 g/mol. The first-order valence-electron chi connectivity index (χ1n) is 9.58. The molecule has 4 rings (SSSR count). The first-order chi connectivity index (χ1) is 14.3. The van der Waals surface area contributed by atoms with Crippen LogP contribution in [0.2, 0.25) is 0 Å². The minimum Gasteiger partial charge on any atom is -0.508 e. The predicted octanol–water partition coefficient (Wildman–Crippen LogP) is 3.03. The molecular formula is C20H24N4O5S. The van der Waals surface area contributed by atoms with E-state index in [4.69, 9.17) is 10.5 Å². The molecule has 2 aliphatic rings. The van der Waals surface area contributed by atoms with Crippen molar-refractivity contribution in [1.82, 2.24) is 4.90 Å². The second kappa shape index (κ2) is 8.05. The van der Waals surface area contributed by atoms with Crippen LogP contribution in [0.4, 0.5) is 5.69 Å². The number of hydrogen-bond acceptors (Lipinski definition) is 8. The summed E-state index contributed by atoms with van der Waals surface area (Å²) in [6, 6.07) is 11.4. The maximum Gasteiger partial charge on any atom is 0.253 e. The Hall–Kier alpha value is -2.95. The lowest BCUT2D eigenvalue weighted by atomic mass is 9.98. The van der Waals surface area contributed by atoms with Crippen LogP contribution in [0.15, 0.2) is 46.9 Å². The molecule has 0 radical (unpaired) electrons. The van der Waals surface area contributed by atoms with Crippen molar-refractivity contribution in [1.29, 1.82) is 0 Å². The summed E-state index contributed by atoms with van der Waals surface area (Å²) in [6.07, 6.45) is 1.80. The molecule has 6 N–H and O–H groups in total. The average Bonchev–Trinajstić information content (AvgIpc) is 2.71. The fourth-order valence-electron chi connectivity index (χ4n) is 3.73. The lowest BCUT2D eigenvalue weighted by Crippen LogP contribution is -2.41. The molecule has 0 saturated carbocycles. The van der Waals surface area contributed by atoms with Gasteiger partial charge in [0.25, 0.3) is 5.91 Å². The van der Waals surface area contributed by atoms with E-state index >= 15 is 0 Å². The van der Waals surface area contributed by atoms with Gasteiger partial charge >= 0.3 is 0 Å². The van der Waals surface area contributed by atoms with Crippen LogP contribution in [0.1, 0.15) is 28.8 Å². The number of hydrogen-bond donors (Lipinski definition) is 5. The van der Waals surface area contributed by atoms with Crippen LogP contribution in [0.3, 0.4) is 0 Å². The van der Waals surface area contributed by atoms with E-state index in [1.54, 1.807) is 35.2 Å². The number of aromatic hydroxyl groups is 1. The molecule has 2 heterocycles. The second-order valence-electron chi connectivity index (χ2n) is 7.39. The van der Waals surface area contributed by atoms with Crippen molar-refractivity contribution in [2.75, 3.05) is 24.4 Å². The number of amides is 1. The van der Waals surface area contributed by atoms with Crippen LogP contribution in [-0.2, 0) is 0 Å². The molecule has 2 aromatic carbocycles. The molecule has 30 heavy (non-hydrogen) atoms. The molecule has 1 atom stereocenters. The van der Waals surface area contributed by atoms with Gasteiger partial charge < -0.3 is 20.5 Å². The summed E-state index contributed by atoms with van der Waals surface area (Å²) in [5, 5.41) is 9.41. The van der Waals surface area contributed by atoms with Crippen molar-refractivity contribution in [2.24, 2.45) is 16.0 Å². The van der Waals surface area contributed by atoms with Gasteiger partial charge in [0.15, 0.2) is 5.84 Å². The number of phenolic OH excluding ortho intramolecular Hbond substituents is 1. The fraction of sp³-hybridized carbons (Fsp3) is 0.300. The Kier molecular flexibility index (Phi) is 5.46. The molecule has 1 fully saturated rings. The van der Waals surface area contributed by atoms with Crippen LogP contribution >= 0.6 is 11.0 Å². The molecule has 10 heteroatoms. The number of carbonyl (C=O) groups is 1. The first kappa shape index (κ1) is 20.3. The Morgan fingerprint density at radius 1 is 1.27 bits per heavy atom. The number of fused-ring (bicyclic) bond motifs is 1. The SMILES string of the molecule is NC1=NS(O)(O)Nc2cccc(OCC3CCCN(C(=O)c4ccc(O)cc4)C3)c21. The zero-order valence-electron chi connectivity index (χ0n) is 16.2. The number of anilines is 1. The van der Waals surface area contributed by atoms with Crippen LogP contribution in [0.25, 0.3) is 0 Å². The summed E-state index contributed by atoms with van der Waals surface area (Å²) in [6.45, 7) is 1.63. The van der Waals surface area contributed by atoms with E-state index in [-0.39, 0.29) is 23.4 Å². The maximum absolute atomic E-state index is 12.7. The normalized spacial score (nSPS) is 21.1. The Balaban J connectivity index is 1.43. The molecular weight excluding hydrogens is 408 g/mol. The largest absolute Gasteiger partial charge is 0.508 e. The highest BCUT2D eigenvalue weighted by Gasteiger charge is 2.27. The van der Waals surface area contributed by atoms with Crippen molar-refractivity contribution >= 4 is 28.4 Å². The van der Waals surface area contributed by atoms with Gasteiger partial charge in [-0.05, 0) is 60.2 Å². The van der Waals surface area contributed by atoms with Crippen molar-refractivity contribution < 1.29 is 23.7 Å². The minimum absolute atomic E-state index is 0.00660. The average molecular weight is 433 g/mol.